The van der Waals surface area contributed by atoms with E-state index in [1.165, 1.54) is 6.07 Å². The second-order valence-electron chi connectivity index (χ2n) is 5.91. The Balaban J connectivity index is 1.66. The molecule has 4 nitrogen and oxygen atoms in total. The fourth-order valence-corrected chi connectivity index (χ4v) is 2.57. The molecule has 2 fully saturated rings. The molecule has 0 spiro atoms. The summed E-state index contributed by atoms with van der Waals surface area (Å²) in [5.41, 5.74) is -1.35. The number of benzene rings is 1. The third-order valence-electron chi connectivity index (χ3n) is 3.93. The van der Waals surface area contributed by atoms with Crippen molar-refractivity contribution < 1.29 is 22.8 Å². The summed E-state index contributed by atoms with van der Waals surface area (Å²) < 4.78 is 38.9. The van der Waals surface area contributed by atoms with Crippen LogP contribution in [0.5, 0.6) is 0 Å². The van der Waals surface area contributed by atoms with Gasteiger partial charge in [-0.3, -0.25) is 9.59 Å². The van der Waals surface area contributed by atoms with Crippen molar-refractivity contribution in [2.24, 2.45) is 11.8 Å². The molecule has 2 N–H and O–H groups in total. The van der Waals surface area contributed by atoms with Crippen molar-refractivity contribution in [1.82, 2.24) is 5.32 Å². The first-order valence-electron chi connectivity index (χ1n) is 7.23. The molecule has 0 saturated heterocycles. The van der Waals surface area contributed by atoms with Crippen LogP contribution < -0.4 is 10.6 Å². The zero-order chi connectivity index (χ0) is 16.8. The molecule has 1 aromatic carbocycles. The first kappa shape index (κ1) is 16.1. The maximum Gasteiger partial charge on any atom is 0.418 e. The van der Waals surface area contributed by atoms with Crippen molar-refractivity contribution in [2.75, 3.05) is 5.32 Å². The van der Waals surface area contributed by atoms with E-state index in [-0.39, 0.29) is 22.7 Å². The van der Waals surface area contributed by atoms with Crippen molar-refractivity contribution in [3.8, 4) is 0 Å². The summed E-state index contributed by atoms with van der Waals surface area (Å²) >= 11 is 5.59. The number of anilines is 1. The third-order valence-corrected chi connectivity index (χ3v) is 4.17. The Labute approximate surface area is 135 Å². The highest BCUT2D eigenvalue weighted by Crippen LogP contribution is 2.42. The van der Waals surface area contributed by atoms with E-state index in [0.29, 0.717) is 6.42 Å². The van der Waals surface area contributed by atoms with Crippen LogP contribution in [-0.4, -0.2) is 17.9 Å². The molecule has 1 aromatic rings. The number of carbonyl (C=O) groups excluding carboxylic acids is 2. The molecule has 2 unspecified atom stereocenters. The molecule has 2 aliphatic rings. The molecule has 23 heavy (non-hydrogen) atoms. The minimum absolute atomic E-state index is 0.0663. The molecule has 0 aromatic heterocycles. The van der Waals surface area contributed by atoms with Gasteiger partial charge in [0.05, 0.1) is 23.1 Å². The largest absolute Gasteiger partial charge is 0.418 e. The molecule has 2 amide bonds. The second kappa shape index (κ2) is 5.70. The van der Waals surface area contributed by atoms with Crippen LogP contribution >= 0.6 is 11.6 Å². The predicted octanol–water partition coefficient (Wildman–Crippen LogP) is 3.21. The van der Waals surface area contributed by atoms with Crippen LogP contribution in [0.1, 0.15) is 24.8 Å². The van der Waals surface area contributed by atoms with Crippen LogP contribution in [0.2, 0.25) is 5.02 Å². The molecular formula is C15H14ClF3N2O2. The zero-order valence-corrected chi connectivity index (χ0v) is 12.7. The van der Waals surface area contributed by atoms with Crippen LogP contribution in [0.4, 0.5) is 18.9 Å². The lowest BCUT2D eigenvalue weighted by molar-refractivity contribution is -0.137. The highest BCUT2D eigenvalue weighted by Gasteiger charge is 2.49. The maximum atomic E-state index is 13.0. The van der Waals surface area contributed by atoms with Crippen LogP contribution in [0.25, 0.3) is 0 Å². The number of hydrogen-bond donors (Lipinski definition) is 2. The Morgan fingerprint density at radius 1 is 1.13 bits per heavy atom. The van der Waals surface area contributed by atoms with E-state index < -0.39 is 29.5 Å². The Morgan fingerprint density at radius 2 is 1.78 bits per heavy atom. The van der Waals surface area contributed by atoms with Crippen LogP contribution in [0.15, 0.2) is 18.2 Å². The molecule has 2 atom stereocenters. The number of hydrogen-bond acceptors (Lipinski definition) is 2. The van der Waals surface area contributed by atoms with Gasteiger partial charge in [0.15, 0.2) is 0 Å². The van der Waals surface area contributed by atoms with Gasteiger partial charge in [0.25, 0.3) is 0 Å². The number of halogens is 4. The normalized spacial score (nSPS) is 23.3. The van der Waals surface area contributed by atoms with E-state index in [4.69, 9.17) is 11.6 Å². The van der Waals surface area contributed by atoms with Gasteiger partial charge >= 0.3 is 6.18 Å². The van der Waals surface area contributed by atoms with Crippen LogP contribution in [0, 0.1) is 11.8 Å². The average molecular weight is 347 g/mol. The monoisotopic (exact) mass is 346 g/mol. The molecule has 0 bridgehead atoms. The van der Waals surface area contributed by atoms with Crippen LogP contribution in [-0.2, 0) is 15.8 Å². The van der Waals surface area contributed by atoms with Crippen molar-refractivity contribution in [3.05, 3.63) is 28.8 Å². The molecule has 0 radical (unpaired) electrons. The van der Waals surface area contributed by atoms with Gasteiger partial charge < -0.3 is 10.6 Å². The van der Waals surface area contributed by atoms with Gasteiger partial charge in [-0.2, -0.15) is 13.2 Å². The van der Waals surface area contributed by atoms with Gasteiger partial charge in [-0.1, -0.05) is 11.6 Å². The highest BCUT2D eigenvalue weighted by atomic mass is 35.5. The average Bonchev–Trinajstić information content (AvgIpc) is 3.32. The van der Waals surface area contributed by atoms with E-state index in [0.717, 1.165) is 25.0 Å². The number of carbonyl (C=O) groups is 2. The van der Waals surface area contributed by atoms with Crippen molar-refractivity contribution >= 4 is 29.1 Å². The van der Waals surface area contributed by atoms with Gasteiger partial charge in [-0.05, 0) is 37.5 Å². The Kier molecular flexibility index (Phi) is 4.00. The minimum Gasteiger partial charge on any atom is -0.353 e. The molecule has 8 heteroatoms. The third kappa shape index (κ3) is 3.77. The summed E-state index contributed by atoms with van der Waals surface area (Å²) in [6.07, 6.45) is -2.39. The number of amides is 2. The summed E-state index contributed by atoms with van der Waals surface area (Å²) in [6.45, 7) is 0. The van der Waals surface area contributed by atoms with E-state index in [1.807, 2.05) is 0 Å². The molecule has 2 aliphatic carbocycles. The first-order valence-corrected chi connectivity index (χ1v) is 7.61. The number of rotatable bonds is 4. The smallest absolute Gasteiger partial charge is 0.353 e. The second-order valence-corrected chi connectivity index (χ2v) is 6.34. The zero-order valence-electron chi connectivity index (χ0n) is 11.9. The van der Waals surface area contributed by atoms with E-state index in [2.05, 4.69) is 10.6 Å². The summed E-state index contributed by atoms with van der Waals surface area (Å²) in [4.78, 5) is 23.9. The lowest BCUT2D eigenvalue weighted by Gasteiger charge is -2.14. The van der Waals surface area contributed by atoms with E-state index >= 15 is 0 Å². The number of nitrogens with one attached hydrogen (secondary N) is 2. The summed E-state index contributed by atoms with van der Waals surface area (Å²) in [5, 5.41) is 4.99. The highest BCUT2D eigenvalue weighted by molar-refractivity contribution is 6.30. The molecule has 2 saturated carbocycles. The lowest BCUT2D eigenvalue weighted by atomic mass is 10.1. The quantitative estimate of drug-likeness (QED) is 0.879. The fourth-order valence-electron chi connectivity index (χ4n) is 2.40. The Morgan fingerprint density at radius 3 is 2.39 bits per heavy atom. The summed E-state index contributed by atoms with van der Waals surface area (Å²) in [7, 11) is 0. The van der Waals surface area contributed by atoms with E-state index in [1.54, 1.807) is 0 Å². The summed E-state index contributed by atoms with van der Waals surface area (Å²) in [6, 6.07) is 3.35. The predicted molar refractivity (Wildman–Crippen MR) is 77.8 cm³/mol. The molecule has 0 heterocycles. The van der Waals surface area contributed by atoms with Crippen molar-refractivity contribution in [1.29, 1.82) is 0 Å². The first-order chi connectivity index (χ1) is 10.8. The van der Waals surface area contributed by atoms with Gasteiger partial charge in [0, 0.05) is 11.1 Å². The SMILES string of the molecule is O=C(Nc1ccc(Cl)cc1C(F)(F)F)C1CC1C(=O)NC1CC1. The minimum atomic E-state index is -4.63. The fraction of sp³-hybridized carbons (Fsp3) is 0.467. The molecule has 3 rings (SSSR count). The van der Waals surface area contributed by atoms with Crippen molar-refractivity contribution in [3.63, 3.8) is 0 Å². The molecular weight excluding hydrogens is 333 g/mol. The maximum absolute atomic E-state index is 13.0. The lowest BCUT2D eigenvalue weighted by Crippen LogP contribution is -2.29. The van der Waals surface area contributed by atoms with Gasteiger partial charge in [0.1, 0.15) is 0 Å². The van der Waals surface area contributed by atoms with Crippen molar-refractivity contribution in [2.45, 2.75) is 31.5 Å². The molecule has 124 valence electrons. The topological polar surface area (TPSA) is 58.2 Å². The van der Waals surface area contributed by atoms with Gasteiger partial charge in [-0.15, -0.1) is 0 Å². The Bertz CT molecular complexity index is 659. The standard InChI is InChI=1S/C15H14ClF3N2O2/c16-7-1-4-12(11(5-7)15(17,18)19)21-14(23)10-6-9(10)13(22)20-8-2-3-8/h1,4-5,8-10H,2-3,6H2,(H,20,22)(H,21,23). The van der Waals surface area contributed by atoms with Gasteiger partial charge in [0.2, 0.25) is 11.8 Å². The summed E-state index contributed by atoms with van der Waals surface area (Å²) in [5.74, 6) is -1.80. The van der Waals surface area contributed by atoms with Crippen LogP contribution in [0.3, 0.4) is 0 Å². The number of alkyl halides is 3. The Hall–Kier alpha value is -1.76. The van der Waals surface area contributed by atoms with E-state index in [9.17, 15) is 22.8 Å². The van der Waals surface area contributed by atoms with Gasteiger partial charge in [-0.25, -0.2) is 0 Å². The molecule has 0 aliphatic heterocycles.